The van der Waals surface area contributed by atoms with E-state index < -0.39 is 23.4 Å². The van der Waals surface area contributed by atoms with Gasteiger partial charge in [-0.1, -0.05) is 18.2 Å². The SMILES string of the molecule is COC(=O)C[C@](C)(NC(=O)c1ccccc1)C(=O)OC. The average Bonchev–Trinajstić information content (AvgIpc) is 2.46. The van der Waals surface area contributed by atoms with Crippen LogP contribution >= 0.6 is 0 Å². The molecule has 0 saturated carbocycles. The molecule has 1 atom stereocenters. The van der Waals surface area contributed by atoms with Crippen LogP contribution in [0.3, 0.4) is 0 Å². The van der Waals surface area contributed by atoms with Gasteiger partial charge in [0.2, 0.25) is 0 Å². The zero-order chi connectivity index (χ0) is 15.2. The molecule has 0 bridgehead atoms. The van der Waals surface area contributed by atoms with E-state index in [1.54, 1.807) is 30.3 Å². The van der Waals surface area contributed by atoms with E-state index in [0.29, 0.717) is 5.56 Å². The molecule has 0 unspecified atom stereocenters. The summed E-state index contributed by atoms with van der Waals surface area (Å²) in [5.74, 6) is -1.80. The van der Waals surface area contributed by atoms with E-state index in [9.17, 15) is 14.4 Å². The summed E-state index contributed by atoms with van der Waals surface area (Å²) in [5.41, 5.74) is -1.10. The van der Waals surface area contributed by atoms with E-state index in [2.05, 4.69) is 14.8 Å². The Morgan fingerprint density at radius 2 is 1.70 bits per heavy atom. The molecule has 6 nitrogen and oxygen atoms in total. The zero-order valence-electron chi connectivity index (χ0n) is 11.6. The largest absolute Gasteiger partial charge is 0.469 e. The highest BCUT2D eigenvalue weighted by atomic mass is 16.5. The van der Waals surface area contributed by atoms with Gasteiger partial charge >= 0.3 is 11.9 Å². The van der Waals surface area contributed by atoms with Crippen LogP contribution in [0, 0.1) is 0 Å². The van der Waals surface area contributed by atoms with Gasteiger partial charge in [-0.05, 0) is 19.1 Å². The van der Waals surface area contributed by atoms with E-state index >= 15 is 0 Å². The molecular formula is C14H17NO5. The Morgan fingerprint density at radius 1 is 1.10 bits per heavy atom. The fourth-order valence-electron chi connectivity index (χ4n) is 1.67. The lowest BCUT2D eigenvalue weighted by Gasteiger charge is -2.26. The van der Waals surface area contributed by atoms with Crippen molar-refractivity contribution in [2.45, 2.75) is 18.9 Å². The van der Waals surface area contributed by atoms with Crippen LogP contribution in [-0.2, 0) is 19.1 Å². The lowest BCUT2D eigenvalue weighted by Crippen LogP contribution is -2.54. The van der Waals surface area contributed by atoms with Gasteiger partial charge in [-0.25, -0.2) is 4.79 Å². The maximum atomic E-state index is 12.1. The number of amides is 1. The summed E-state index contributed by atoms with van der Waals surface area (Å²) in [6.45, 7) is 1.41. The zero-order valence-corrected chi connectivity index (χ0v) is 11.6. The summed E-state index contributed by atoms with van der Waals surface area (Å²) < 4.78 is 9.17. The maximum Gasteiger partial charge on any atom is 0.331 e. The van der Waals surface area contributed by atoms with Crippen molar-refractivity contribution in [1.29, 1.82) is 0 Å². The molecule has 1 amide bonds. The van der Waals surface area contributed by atoms with E-state index in [1.807, 2.05) is 0 Å². The standard InChI is InChI=1S/C14H17NO5/c1-14(13(18)20-3,9-11(16)19-2)15-12(17)10-7-5-4-6-8-10/h4-8H,9H2,1-3H3,(H,15,17)/t14-/m0/s1. The summed E-state index contributed by atoms with van der Waals surface area (Å²) in [6, 6.07) is 8.37. The first kappa shape index (κ1) is 15.7. The Morgan fingerprint density at radius 3 is 2.20 bits per heavy atom. The average molecular weight is 279 g/mol. The number of nitrogens with one attached hydrogen (secondary N) is 1. The first-order valence-electron chi connectivity index (χ1n) is 5.95. The number of rotatable bonds is 5. The molecule has 0 aromatic heterocycles. The minimum Gasteiger partial charge on any atom is -0.469 e. The third kappa shape index (κ3) is 3.81. The van der Waals surface area contributed by atoms with Crippen molar-refractivity contribution < 1.29 is 23.9 Å². The van der Waals surface area contributed by atoms with E-state index in [0.717, 1.165) is 0 Å². The Bertz CT molecular complexity index is 500. The molecule has 0 aliphatic carbocycles. The number of hydrogen-bond donors (Lipinski definition) is 1. The molecule has 1 aromatic carbocycles. The monoisotopic (exact) mass is 279 g/mol. The number of carbonyl (C=O) groups is 3. The fourth-order valence-corrected chi connectivity index (χ4v) is 1.67. The maximum absolute atomic E-state index is 12.1. The summed E-state index contributed by atoms with van der Waals surface area (Å²) >= 11 is 0. The lowest BCUT2D eigenvalue weighted by molar-refractivity contribution is -0.154. The molecule has 1 aromatic rings. The number of ether oxygens (including phenoxy) is 2. The fraction of sp³-hybridized carbons (Fsp3) is 0.357. The van der Waals surface area contributed by atoms with Crippen LogP contribution in [0.5, 0.6) is 0 Å². The van der Waals surface area contributed by atoms with E-state index in [-0.39, 0.29) is 6.42 Å². The molecule has 0 aliphatic rings. The number of methoxy groups -OCH3 is 2. The normalized spacial score (nSPS) is 12.9. The summed E-state index contributed by atoms with van der Waals surface area (Å²) in [7, 11) is 2.39. The molecule has 108 valence electrons. The van der Waals surface area contributed by atoms with Gasteiger partial charge in [-0.3, -0.25) is 9.59 Å². The molecule has 0 aliphatic heterocycles. The quantitative estimate of drug-likeness (QED) is 0.810. The smallest absolute Gasteiger partial charge is 0.331 e. The molecule has 0 spiro atoms. The first-order valence-corrected chi connectivity index (χ1v) is 5.95. The molecule has 1 N–H and O–H groups in total. The van der Waals surface area contributed by atoms with Crippen LogP contribution in [-0.4, -0.2) is 37.6 Å². The first-order chi connectivity index (χ1) is 9.42. The van der Waals surface area contributed by atoms with E-state index in [4.69, 9.17) is 0 Å². The molecule has 6 heteroatoms. The van der Waals surface area contributed by atoms with Gasteiger partial charge in [0, 0.05) is 5.56 Å². The van der Waals surface area contributed by atoms with Gasteiger partial charge in [0.15, 0.2) is 0 Å². The van der Waals surface area contributed by atoms with Crippen LogP contribution in [0.4, 0.5) is 0 Å². The third-order valence-electron chi connectivity index (χ3n) is 2.79. The van der Waals surface area contributed by atoms with Crippen molar-refractivity contribution in [3.05, 3.63) is 35.9 Å². The van der Waals surface area contributed by atoms with Crippen LogP contribution in [0.25, 0.3) is 0 Å². The van der Waals surface area contributed by atoms with Gasteiger partial charge in [-0.15, -0.1) is 0 Å². The molecular weight excluding hydrogens is 262 g/mol. The minimum absolute atomic E-state index is 0.311. The van der Waals surface area contributed by atoms with Gasteiger partial charge in [0.25, 0.3) is 5.91 Å². The Balaban J connectivity index is 2.93. The molecule has 0 radical (unpaired) electrons. The highest BCUT2D eigenvalue weighted by Crippen LogP contribution is 2.14. The second-order valence-corrected chi connectivity index (χ2v) is 4.40. The molecule has 1 rings (SSSR count). The van der Waals surface area contributed by atoms with Gasteiger partial charge < -0.3 is 14.8 Å². The van der Waals surface area contributed by atoms with Crippen molar-refractivity contribution in [2.75, 3.05) is 14.2 Å². The highest BCUT2D eigenvalue weighted by molar-refractivity contribution is 5.99. The van der Waals surface area contributed by atoms with Crippen LogP contribution in [0.2, 0.25) is 0 Å². The molecule has 0 saturated heterocycles. The molecule has 20 heavy (non-hydrogen) atoms. The number of hydrogen-bond acceptors (Lipinski definition) is 5. The van der Waals surface area contributed by atoms with Gasteiger partial charge in [0.1, 0.15) is 5.54 Å². The van der Waals surface area contributed by atoms with Crippen LogP contribution in [0.15, 0.2) is 30.3 Å². The highest BCUT2D eigenvalue weighted by Gasteiger charge is 2.39. The molecule has 0 fully saturated rings. The van der Waals surface area contributed by atoms with E-state index in [1.165, 1.54) is 21.1 Å². The Hall–Kier alpha value is -2.37. The van der Waals surface area contributed by atoms with Crippen LogP contribution in [0.1, 0.15) is 23.7 Å². The van der Waals surface area contributed by atoms with Gasteiger partial charge in [0.05, 0.1) is 20.6 Å². The van der Waals surface area contributed by atoms with Gasteiger partial charge in [-0.2, -0.15) is 0 Å². The Kier molecular flexibility index (Phi) is 5.25. The van der Waals surface area contributed by atoms with Crippen LogP contribution < -0.4 is 5.32 Å². The number of carbonyl (C=O) groups excluding carboxylic acids is 3. The number of esters is 2. The second-order valence-electron chi connectivity index (χ2n) is 4.40. The summed E-state index contributed by atoms with van der Waals surface area (Å²) in [5, 5.41) is 2.51. The van der Waals surface area contributed by atoms with Crippen molar-refractivity contribution in [3.63, 3.8) is 0 Å². The summed E-state index contributed by atoms with van der Waals surface area (Å²) in [6.07, 6.45) is -0.311. The minimum atomic E-state index is -1.48. The third-order valence-corrected chi connectivity index (χ3v) is 2.79. The summed E-state index contributed by atoms with van der Waals surface area (Å²) in [4.78, 5) is 35.3. The van der Waals surface area contributed by atoms with Crippen molar-refractivity contribution in [1.82, 2.24) is 5.32 Å². The van der Waals surface area contributed by atoms with Crippen molar-refractivity contribution >= 4 is 17.8 Å². The second kappa shape index (κ2) is 6.70. The number of benzene rings is 1. The van der Waals surface area contributed by atoms with Crippen molar-refractivity contribution in [3.8, 4) is 0 Å². The topological polar surface area (TPSA) is 81.7 Å². The molecule has 0 heterocycles. The predicted molar refractivity (Wildman–Crippen MR) is 71.0 cm³/mol. The van der Waals surface area contributed by atoms with Crippen molar-refractivity contribution in [2.24, 2.45) is 0 Å². The Labute approximate surface area is 117 Å². The predicted octanol–water partition coefficient (Wildman–Crippen LogP) is 0.911. The lowest BCUT2D eigenvalue weighted by atomic mass is 9.97.